The third kappa shape index (κ3) is 8.49. The van der Waals surface area contributed by atoms with Crippen LogP contribution in [0.4, 0.5) is 0 Å². The zero-order chi connectivity index (χ0) is 30.9. The molecule has 0 saturated carbocycles. The summed E-state index contributed by atoms with van der Waals surface area (Å²) in [6.07, 6.45) is 3.50. The van der Waals surface area contributed by atoms with Gasteiger partial charge in [-0.15, -0.1) is 0 Å². The van der Waals surface area contributed by atoms with Gasteiger partial charge in [-0.2, -0.15) is 4.89 Å². The van der Waals surface area contributed by atoms with Crippen molar-refractivity contribution in [3.63, 3.8) is 0 Å². The average Bonchev–Trinajstić information content (AvgIpc) is 2.96. The molecule has 8 heteroatoms. The van der Waals surface area contributed by atoms with Crippen LogP contribution >= 0.6 is 0 Å². The fourth-order valence-corrected chi connectivity index (χ4v) is 4.63. The maximum Gasteiger partial charge on any atom is 0.200 e. The van der Waals surface area contributed by atoms with Crippen LogP contribution in [0.15, 0.2) is 66.9 Å². The van der Waals surface area contributed by atoms with Crippen molar-refractivity contribution in [1.82, 2.24) is 15.0 Å². The molecule has 0 aliphatic carbocycles. The van der Waals surface area contributed by atoms with E-state index in [4.69, 9.17) is 29.5 Å². The SMILES string of the molecule is C=C(OOCCCCCCOc1ccc(-c2nc(-c3ccc(C)cc3C)nc(-c3ccc(C)cc3C)n2)c(O)c1)C(C)=O. The van der Waals surface area contributed by atoms with E-state index in [1.165, 1.54) is 6.92 Å². The second kappa shape index (κ2) is 14.6. The van der Waals surface area contributed by atoms with Crippen LogP contribution < -0.4 is 4.74 Å². The summed E-state index contributed by atoms with van der Waals surface area (Å²) in [4.78, 5) is 35.3. The van der Waals surface area contributed by atoms with Gasteiger partial charge in [0.1, 0.15) is 11.5 Å². The van der Waals surface area contributed by atoms with Crippen molar-refractivity contribution in [2.24, 2.45) is 0 Å². The van der Waals surface area contributed by atoms with Crippen LogP contribution in [0.3, 0.4) is 0 Å². The number of rotatable bonds is 14. The van der Waals surface area contributed by atoms with Gasteiger partial charge in [0.05, 0.1) is 18.8 Å². The third-order valence-electron chi connectivity index (χ3n) is 7.03. The van der Waals surface area contributed by atoms with E-state index in [0.717, 1.165) is 59.1 Å². The number of hydrogen-bond donors (Lipinski definition) is 1. The number of allylic oxidation sites excluding steroid dienone is 1. The van der Waals surface area contributed by atoms with E-state index < -0.39 is 0 Å². The summed E-state index contributed by atoms with van der Waals surface area (Å²) in [6.45, 7) is 13.9. The second-order valence-corrected chi connectivity index (χ2v) is 10.8. The van der Waals surface area contributed by atoms with Crippen LogP contribution in [0.1, 0.15) is 54.9 Å². The predicted molar refractivity (Wildman–Crippen MR) is 168 cm³/mol. The van der Waals surface area contributed by atoms with Crippen LogP contribution in [0, 0.1) is 27.7 Å². The first-order chi connectivity index (χ1) is 20.6. The zero-order valence-electron chi connectivity index (χ0n) is 25.6. The smallest absolute Gasteiger partial charge is 0.200 e. The Balaban J connectivity index is 1.46. The van der Waals surface area contributed by atoms with Crippen LogP contribution in [0.25, 0.3) is 34.2 Å². The highest BCUT2D eigenvalue weighted by molar-refractivity contribution is 5.90. The van der Waals surface area contributed by atoms with Crippen molar-refractivity contribution in [2.75, 3.05) is 13.2 Å². The van der Waals surface area contributed by atoms with E-state index >= 15 is 0 Å². The van der Waals surface area contributed by atoms with Gasteiger partial charge in [-0.05, 0) is 76.8 Å². The van der Waals surface area contributed by atoms with Crippen LogP contribution in [0.2, 0.25) is 0 Å². The number of aryl methyl sites for hydroxylation is 4. The minimum absolute atomic E-state index is 0.00164. The molecule has 0 fully saturated rings. The first kappa shape index (κ1) is 31.4. The van der Waals surface area contributed by atoms with Gasteiger partial charge in [0.2, 0.25) is 5.76 Å². The molecular weight excluding hydrogens is 542 g/mol. The molecule has 4 rings (SSSR count). The Hall–Kier alpha value is -4.56. The maximum absolute atomic E-state index is 11.0. The topological polar surface area (TPSA) is 104 Å². The van der Waals surface area contributed by atoms with Crippen molar-refractivity contribution in [1.29, 1.82) is 0 Å². The second-order valence-electron chi connectivity index (χ2n) is 10.8. The molecule has 4 aromatic rings. The monoisotopic (exact) mass is 581 g/mol. The van der Waals surface area contributed by atoms with E-state index in [0.29, 0.717) is 42.0 Å². The van der Waals surface area contributed by atoms with Gasteiger partial charge in [0, 0.05) is 24.1 Å². The quantitative estimate of drug-likeness (QED) is 0.0529. The molecule has 0 spiro atoms. The number of carbonyl (C=O) groups is 1. The number of nitrogens with zero attached hydrogens (tertiary/aromatic N) is 3. The predicted octanol–water partition coefficient (Wildman–Crippen LogP) is 7.80. The summed E-state index contributed by atoms with van der Waals surface area (Å²) in [5.41, 5.74) is 6.79. The summed E-state index contributed by atoms with van der Waals surface area (Å²) < 4.78 is 5.88. The van der Waals surface area contributed by atoms with Crippen molar-refractivity contribution in [2.45, 2.75) is 60.3 Å². The lowest BCUT2D eigenvalue weighted by atomic mass is 10.0. The van der Waals surface area contributed by atoms with Gasteiger partial charge in [-0.1, -0.05) is 53.9 Å². The summed E-state index contributed by atoms with van der Waals surface area (Å²) in [5, 5.41) is 11.0. The lowest BCUT2D eigenvalue weighted by Gasteiger charge is -2.13. The van der Waals surface area contributed by atoms with Crippen LogP contribution in [-0.2, 0) is 14.6 Å². The number of phenolic OH excluding ortho intramolecular Hbond substituents is 1. The van der Waals surface area contributed by atoms with E-state index in [1.54, 1.807) is 12.1 Å². The number of hydrogen-bond acceptors (Lipinski definition) is 8. The highest BCUT2D eigenvalue weighted by atomic mass is 17.2. The molecule has 0 saturated heterocycles. The Labute approximate surface area is 253 Å². The molecule has 0 bridgehead atoms. The molecule has 0 aliphatic heterocycles. The van der Waals surface area contributed by atoms with Crippen molar-refractivity contribution in [3.05, 3.63) is 89.2 Å². The molecule has 1 aromatic heterocycles. The number of carbonyl (C=O) groups excluding carboxylic acids is 1. The van der Waals surface area contributed by atoms with Gasteiger partial charge >= 0.3 is 0 Å². The summed E-state index contributed by atoms with van der Waals surface area (Å²) >= 11 is 0. The molecule has 3 aromatic carbocycles. The number of aromatic hydroxyl groups is 1. The van der Waals surface area contributed by atoms with E-state index in [-0.39, 0.29) is 17.3 Å². The number of ether oxygens (including phenoxy) is 1. The molecule has 0 radical (unpaired) electrons. The van der Waals surface area contributed by atoms with Gasteiger partial charge < -0.3 is 14.7 Å². The molecular formula is C35H39N3O5. The molecule has 8 nitrogen and oxygen atoms in total. The molecule has 0 aliphatic rings. The number of unbranched alkanes of at least 4 members (excludes halogenated alkanes) is 3. The van der Waals surface area contributed by atoms with Crippen molar-refractivity contribution >= 4 is 5.78 Å². The van der Waals surface area contributed by atoms with Crippen LogP contribution in [-0.4, -0.2) is 39.1 Å². The maximum atomic E-state index is 11.0. The minimum Gasteiger partial charge on any atom is -0.507 e. The molecule has 0 unspecified atom stereocenters. The molecule has 224 valence electrons. The number of aromatic nitrogens is 3. The summed E-state index contributed by atoms with van der Waals surface area (Å²) in [6, 6.07) is 17.6. The molecule has 43 heavy (non-hydrogen) atoms. The average molecular weight is 582 g/mol. The van der Waals surface area contributed by atoms with Crippen molar-refractivity contribution < 1.29 is 24.4 Å². The van der Waals surface area contributed by atoms with E-state index in [1.807, 2.05) is 44.2 Å². The highest BCUT2D eigenvalue weighted by Crippen LogP contribution is 2.34. The largest absolute Gasteiger partial charge is 0.507 e. The molecule has 1 N–H and O–H groups in total. The number of Topliss-reactive ketones (excluding diaryl/α,β-unsaturated/α-hetero) is 1. The number of benzene rings is 3. The van der Waals surface area contributed by atoms with Gasteiger partial charge in [0.15, 0.2) is 23.3 Å². The first-order valence-electron chi connectivity index (χ1n) is 14.5. The van der Waals surface area contributed by atoms with Crippen molar-refractivity contribution in [3.8, 4) is 45.7 Å². The zero-order valence-corrected chi connectivity index (χ0v) is 25.6. The molecule has 0 atom stereocenters. The molecule has 1 heterocycles. The Bertz CT molecular complexity index is 1550. The Kier molecular flexibility index (Phi) is 10.6. The van der Waals surface area contributed by atoms with Gasteiger partial charge in [-0.25, -0.2) is 15.0 Å². The van der Waals surface area contributed by atoms with E-state index in [9.17, 15) is 9.90 Å². The summed E-state index contributed by atoms with van der Waals surface area (Å²) in [7, 11) is 0. The standard InChI is InChI=1S/C35H39N3O5/c1-22-11-14-29(24(3)19-22)33-36-34(30-15-12-23(2)20-25(30)4)38-35(37-33)31-16-13-28(21-32(31)40)41-17-9-7-8-10-18-42-43-27(6)26(5)39/h11-16,19-21,40H,6-10,17-18H2,1-5H3. The minimum atomic E-state index is -0.256. The lowest BCUT2D eigenvalue weighted by Crippen LogP contribution is -2.03. The normalized spacial score (nSPS) is 10.9. The third-order valence-corrected chi connectivity index (χ3v) is 7.03. The number of ketones is 1. The molecule has 0 amide bonds. The van der Waals surface area contributed by atoms with Gasteiger partial charge in [-0.3, -0.25) is 4.79 Å². The Morgan fingerprint density at radius 1 is 0.721 bits per heavy atom. The lowest BCUT2D eigenvalue weighted by molar-refractivity contribution is -0.260. The Morgan fingerprint density at radius 2 is 1.23 bits per heavy atom. The van der Waals surface area contributed by atoms with E-state index in [2.05, 4.69) is 32.6 Å². The first-order valence-corrected chi connectivity index (χ1v) is 14.5. The van der Waals surface area contributed by atoms with Gasteiger partial charge in [0.25, 0.3) is 0 Å². The highest BCUT2D eigenvalue weighted by Gasteiger charge is 2.17. The number of phenols is 1. The Morgan fingerprint density at radius 3 is 1.74 bits per heavy atom. The fourth-order valence-electron chi connectivity index (χ4n) is 4.63. The fraction of sp³-hybridized carbons (Fsp3) is 0.314. The summed E-state index contributed by atoms with van der Waals surface area (Å²) in [5.74, 6) is 1.85. The van der Waals surface area contributed by atoms with Crippen LogP contribution in [0.5, 0.6) is 11.5 Å².